The van der Waals surface area contributed by atoms with Crippen LogP contribution in [0.25, 0.3) is 0 Å². The third-order valence-electron chi connectivity index (χ3n) is 4.45. The molecule has 0 aromatic heterocycles. The summed E-state index contributed by atoms with van der Waals surface area (Å²) in [5, 5.41) is 10.4. The lowest BCUT2D eigenvalue weighted by molar-refractivity contribution is 0.318. The Morgan fingerprint density at radius 3 is 2.79 bits per heavy atom. The molecule has 1 aromatic carbocycles. The number of nitrogens with one attached hydrogen (secondary N) is 1. The first-order valence-corrected chi connectivity index (χ1v) is 8.19. The van der Waals surface area contributed by atoms with Gasteiger partial charge in [-0.2, -0.15) is 0 Å². The number of anilines is 2. The number of hydrazine groups is 2. The van der Waals surface area contributed by atoms with Gasteiger partial charge >= 0.3 is 0 Å². The molecule has 1 saturated heterocycles. The lowest BCUT2D eigenvalue weighted by Crippen LogP contribution is -2.36. The fourth-order valence-electron chi connectivity index (χ4n) is 2.99. The van der Waals surface area contributed by atoms with Crippen LogP contribution in [0.15, 0.2) is 35.0 Å². The molecule has 2 aliphatic rings. The Kier molecular flexibility index (Phi) is 5.03. The van der Waals surface area contributed by atoms with Crippen molar-refractivity contribution < 1.29 is 0 Å². The predicted molar refractivity (Wildman–Crippen MR) is 98.9 cm³/mol. The van der Waals surface area contributed by atoms with E-state index in [1.165, 1.54) is 10.7 Å². The molecule has 0 radical (unpaired) electrons. The Hall–Kier alpha value is -2.50. The fraction of sp³-hybridized carbons (Fsp3) is 0.375. The van der Waals surface area contributed by atoms with Crippen molar-refractivity contribution in [2.45, 2.75) is 19.1 Å². The number of aliphatic imine (C=N–C) groups is 1. The van der Waals surface area contributed by atoms with Crippen molar-refractivity contribution in [3.63, 3.8) is 0 Å². The van der Waals surface area contributed by atoms with Crippen molar-refractivity contribution >= 4 is 30.0 Å². The van der Waals surface area contributed by atoms with Crippen LogP contribution >= 0.6 is 0 Å². The first-order chi connectivity index (χ1) is 11.7. The monoisotopic (exact) mass is 323 g/mol. The molecule has 0 aliphatic carbocycles. The van der Waals surface area contributed by atoms with Crippen LogP contribution in [-0.2, 0) is 0 Å². The molecule has 0 amide bonds. The van der Waals surface area contributed by atoms with Gasteiger partial charge in [0.1, 0.15) is 0 Å². The molecule has 0 atom stereocenters. The van der Waals surface area contributed by atoms with E-state index >= 15 is 0 Å². The molecule has 5 N–H and O–H groups in total. The number of benzene rings is 1. The second kappa shape index (κ2) is 7.38. The Morgan fingerprint density at radius 1 is 1.38 bits per heavy atom. The first kappa shape index (κ1) is 16.4. The molecule has 7 nitrogen and oxygen atoms in total. The minimum atomic E-state index is 0.186. The molecule has 2 aliphatic heterocycles. The van der Waals surface area contributed by atoms with Gasteiger partial charge in [0, 0.05) is 50.1 Å². The molecule has 24 heavy (non-hydrogen) atoms. The summed E-state index contributed by atoms with van der Waals surface area (Å²) in [4.78, 5) is 6.75. The molecule has 8 heteroatoms. The van der Waals surface area contributed by atoms with Crippen LogP contribution in [-0.4, -0.2) is 37.7 Å². The predicted octanol–water partition coefficient (Wildman–Crippen LogP) is 1.32. The van der Waals surface area contributed by atoms with Crippen LogP contribution in [0, 0.1) is 11.2 Å². The van der Waals surface area contributed by atoms with Gasteiger partial charge < -0.3 is 10.6 Å². The third kappa shape index (κ3) is 3.88. The van der Waals surface area contributed by atoms with E-state index in [1.807, 2.05) is 30.6 Å². The maximum atomic E-state index is 8.98. The molecule has 0 spiro atoms. The summed E-state index contributed by atoms with van der Waals surface area (Å²) in [6, 6.07) is 5.97. The molecule has 0 saturated carbocycles. The van der Waals surface area contributed by atoms with E-state index in [0.29, 0.717) is 5.69 Å². The van der Waals surface area contributed by atoms with Crippen molar-refractivity contribution in [1.82, 2.24) is 10.5 Å². The Labute approximate surface area is 142 Å². The highest BCUT2D eigenvalue weighted by molar-refractivity contribution is 6.67. The Bertz CT molecular complexity index is 686. The SMILES string of the molecule is N#CB1CCN(c2ccc(N=CCC3=CN(N)NC3)c(N)c2)CC1. The van der Waals surface area contributed by atoms with E-state index in [4.69, 9.17) is 16.8 Å². The Morgan fingerprint density at radius 2 is 2.17 bits per heavy atom. The quantitative estimate of drug-likeness (QED) is 0.334. The summed E-state index contributed by atoms with van der Waals surface area (Å²) in [6.07, 6.45) is 6.29. The maximum Gasteiger partial charge on any atom is 0.271 e. The van der Waals surface area contributed by atoms with Crippen LogP contribution in [0.2, 0.25) is 12.6 Å². The molecule has 3 rings (SSSR count). The van der Waals surface area contributed by atoms with Crippen LogP contribution in [0.1, 0.15) is 6.42 Å². The summed E-state index contributed by atoms with van der Waals surface area (Å²) in [6.45, 7) is 2.73. The second-order valence-electron chi connectivity index (χ2n) is 6.18. The largest absolute Gasteiger partial charge is 0.397 e. The van der Waals surface area contributed by atoms with Gasteiger partial charge in [-0.05, 0) is 36.4 Å². The highest BCUT2D eigenvalue weighted by Gasteiger charge is 2.22. The summed E-state index contributed by atoms with van der Waals surface area (Å²) in [5.74, 6) is 7.95. The number of hydrogen-bond donors (Lipinski definition) is 3. The van der Waals surface area contributed by atoms with Gasteiger partial charge in [0.05, 0.1) is 11.4 Å². The minimum absolute atomic E-state index is 0.186. The zero-order valence-corrected chi connectivity index (χ0v) is 13.7. The van der Waals surface area contributed by atoms with Crippen molar-refractivity contribution in [3.05, 3.63) is 30.0 Å². The van der Waals surface area contributed by atoms with Crippen molar-refractivity contribution in [1.29, 1.82) is 5.26 Å². The van der Waals surface area contributed by atoms with E-state index in [2.05, 4.69) is 21.3 Å². The van der Waals surface area contributed by atoms with Gasteiger partial charge in [0.2, 0.25) is 0 Å². The summed E-state index contributed by atoms with van der Waals surface area (Å²) in [7, 11) is 0. The van der Waals surface area contributed by atoms with Crippen molar-refractivity contribution in [2.75, 3.05) is 30.3 Å². The van der Waals surface area contributed by atoms with E-state index in [1.54, 1.807) is 0 Å². The molecule has 124 valence electrons. The van der Waals surface area contributed by atoms with Crippen molar-refractivity contribution in [2.24, 2.45) is 10.8 Å². The Balaban J connectivity index is 1.60. The highest BCUT2D eigenvalue weighted by atomic mass is 15.7. The topological polar surface area (TPSA) is 107 Å². The number of nitriles is 1. The maximum absolute atomic E-state index is 8.98. The van der Waals surface area contributed by atoms with Gasteiger partial charge in [-0.25, -0.2) is 16.5 Å². The van der Waals surface area contributed by atoms with Crippen LogP contribution < -0.4 is 21.9 Å². The molecule has 0 bridgehead atoms. The number of nitrogens with two attached hydrogens (primary N) is 2. The van der Waals surface area contributed by atoms with Crippen molar-refractivity contribution in [3.8, 4) is 5.97 Å². The molecule has 1 aromatic rings. The van der Waals surface area contributed by atoms with E-state index in [0.717, 1.165) is 50.1 Å². The lowest BCUT2D eigenvalue weighted by atomic mass is 9.45. The van der Waals surface area contributed by atoms with Gasteiger partial charge in [0.25, 0.3) is 6.71 Å². The van der Waals surface area contributed by atoms with Gasteiger partial charge in [0.15, 0.2) is 0 Å². The summed E-state index contributed by atoms with van der Waals surface area (Å²) in [5.41, 5.74) is 12.9. The van der Waals surface area contributed by atoms with E-state index in [-0.39, 0.29) is 6.71 Å². The summed E-state index contributed by atoms with van der Waals surface area (Å²) >= 11 is 0. The first-order valence-electron chi connectivity index (χ1n) is 8.19. The number of nitrogen functional groups attached to an aromatic ring is 1. The molecule has 0 unspecified atom stereocenters. The smallest absolute Gasteiger partial charge is 0.271 e. The number of hydrogen-bond acceptors (Lipinski definition) is 7. The zero-order chi connectivity index (χ0) is 16.9. The average molecular weight is 323 g/mol. The molecular formula is C16H22BN7. The van der Waals surface area contributed by atoms with Crippen LogP contribution in [0.4, 0.5) is 17.1 Å². The molecule has 2 heterocycles. The van der Waals surface area contributed by atoms with E-state index < -0.39 is 0 Å². The normalized spacial score (nSPS) is 18.2. The van der Waals surface area contributed by atoms with Crippen LogP contribution in [0.5, 0.6) is 0 Å². The average Bonchev–Trinajstić information content (AvgIpc) is 3.02. The minimum Gasteiger partial charge on any atom is -0.397 e. The molecule has 1 fully saturated rings. The van der Waals surface area contributed by atoms with Gasteiger partial charge in [-0.15, -0.1) is 0 Å². The lowest BCUT2D eigenvalue weighted by Gasteiger charge is -2.30. The third-order valence-corrected chi connectivity index (χ3v) is 4.45. The fourth-order valence-corrected chi connectivity index (χ4v) is 2.99. The summed E-state index contributed by atoms with van der Waals surface area (Å²) < 4.78 is 0. The second-order valence-corrected chi connectivity index (χ2v) is 6.18. The van der Waals surface area contributed by atoms with Gasteiger partial charge in [-0.3, -0.25) is 10.1 Å². The number of rotatable bonds is 4. The zero-order valence-electron chi connectivity index (χ0n) is 13.7. The standard InChI is InChI=1S/C16H22BN7/c18-12-17-4-7-23(8-5-17)14-1-2-16(15(19)9-14)21-6-3-13-10-22-24(20)11-13/h1-2,6,9,11,22H,3-5,7-8,10,19-20H2. The number of nitrogens with zero attached hydrogens (tertiary/aromatic N) is 4. The molecular weight excluding hydrogens is 301 g/mol. The van der Waals surface area contributed by atoms with Crippen LogP contribution in [0.3, 0.4) is 0 Å². The van der Waals surface area contributed by atoms with E-state index in [9.17, 15) is 0 Å². The highest BCUT2D eigenvalue weighted by Crippen LogP contribution is 2.29. The van der Waals surface area contributed by atoms with Gasteiger partial charge in [-0.1, -0.05) is 0 Å².